The Labute approximate surface area is 165 Å². The first kappa shape index (κ1) is 17.2. The molecule has 4 aromatic rings. The first-order valence-electron chi connectivity index (χ1n) is 7.63. The van der Waals surface area contributed by atoms with Crippen LogP contribution in [0.1, 0.15) is 5.69 Å². The maximum Gasteiger partial charge on any atom is 0.258 e. The zero-order valence-electron chi connectivity index (χ0n) is 13.3. The lowest BCUT2D eigenvalue weighted by atomic mass is 10.3. The highest BCUT2D eigenvalue weighted by Crippen LogP contribution is 2.30. The molecule has 4 rings (SSSR count). The SMILES string of the molecule is O=c1cc(CSc2nnc(Nc3cccc(Br)c3)s2)nc2ccccn12. The van der Waals surface area contributed by atoms with E-state index in [1.54, 1.807) is 12.3 Å². The molecule has 0 spiro atoms. The van der Waals surface area contributed by atoms with Gasteiger partial charge in [-0.25, -0.2) is 4.98 Å². The molecule has 3 aromatic heterocycles. The molecule has 0 fully saturated rings. The maximum absolute atomic E-state index is 12.1. The minimum atomic E-state index is -0.0829. The topological polar surface area (TPSA) is 72.2 Å². The second-order valence-corrected chi connectivity index (χ2v) is 8.43. The Hall–Kier alpha value is -2.23. The number of hydrogen-bond acceptors (Lipinski definition) is 7. The number of aromatic nitrogens is 4. The Morgan fingerprint density at radius 3 is 2.96 bits per heavy atom. The van der Waals surface area contributed by atoms with Gasteiger partial charge in [0, 0.05) is 28.2 Å². The van der Waals surface area contributed by atoms with Crippen molar-refractivity contribution in [3.05, 3.63) is 75.2 Å². The Balaban J connectivity index is 1.46. The van der Waals surface area contributed by atoms with E-state index in [9.17, 15) is 4.79 Å². The van der Waals surface area contributed by atoms with Crippen molar-refractivity contribution in [3.63, 3.8) is 0 Å². The third-order valence-electron chi connectivity index (χ3n) is 3.45. The second kappa shape index (κ2) is 7.56. The van der Waals surface area contributed by atoms with Gasteiger partial charge in [0.2, 0.25) is 5.13 Å². The van der Waals surface area contributed by atoms with Crippen LogP contribution in [0.4, 0.5) is 10.8 Å². The summed E-state index contributed by atoms with van der Waals surface area (Å²) in [4.78, 5) is 16.6. The molecule has 6 nitrogen and oxygen atoms in total. The average Bonchev–Trinajstić information content (AvgIpc) is 3.07. The Morgan fingerprint density at radius 2 is 2.08 bits per heavy atom. The van der Waals surface area contributed by atoms with Crippen LogP contribution in [0.3, 0.4) is 0 Å². The van der Waals surface area contributed by atoms with Gasteiger partial charge in [-0.2, -0.15) is 0 Å². The van der Waals surface area contributed by atoms with Crippen LogP contribution in [-0.4, -0.2) is 19.6 Å². The molecular weight excluding hydrogens is 434 g/mol. The first-order chi connectivity index (χ1) is 12.7. The van der Waals surface area contributed by atoms with E-state index >= 15 is 0 Å². The lowest BCUT2D eigenvalue weighted by Crippen LogP contribution is -2.14. The standard InChI is InChI=1S/C17H12BrN5OS2/c18-11-4-3-5-12(8-11)20-16-21-22-17(26-16)25-10-13-9-15(24)23-7-2-1-6-14(23)19-13/h1-9H,10H2,(H,20,21). The van der Waals surface area contributed by atoms with E-state index in [0.717, 1.165) is 25.3 Å². The number of rotatable bonds is 5. The number of thioether (sulfide) groups is 1. The van der Waals surface area contributed by atoms with Crippen molar-refractivity contribution in [1.29, 1.82) is 0 Å². The number of nitrogens with zero attached hydrogens (tertiary/aromatic N) is 4. The predicted molar refractivity (Wildman–Crippen MR) is 108 cm³/mol. The van der Waals surface area contributed by atoms with Crippen LogP contribution < -0.4 is 10.9 Å². The van der Waals surface area contributed by atoms with Crippen molar-refractivity contribution in [1.82, 2.24) is 19.6 Å². The molecule has 0 atom stereocenters. The molecule has 0 saturated carbocycles. The number of benzene rings is 1. The van der Waals surface area contributed by atoms with Crippen LogP contribution in [0.25, 0.3) is 5.65 Å². The monoisotopic (exact) mass is 445 g/mol. The van der Waals surface area contributed by atoms with E-state index in [1.807, 2.05) is 42.5 Å². The van der Waals surface area contributed by atoms with Crippen LogP contribution >= 0.6 is 39.0 Å². The summed E-state index contributed by atoms with van der Waals surface area (Å²) < 4.78 is 3.34. The van der Waals surface area contributed by atoms with E-state index in [2.05, 4.69) is 36.4 Å². The van der Waals surface area contributed by atoms with Crippen molar-refractivity contribution in [3.8, 4) is 0 Å². The van der Waals surface area contributed by atoms with E-state index < -0.39 is 0 Å². The summed E-state index contributed by atoms with van der Waals surface area (Å²) >= 11 is 6.42. The van der Waals surface area contributed by atoms with Gasteiger partial charge in [0.25, 0.3) is 5.56 Å². The van der Waals surface area contributed by atoms with Crippen molar-refractivity contribution in [2.45, 2.75) is 10.1 Å². The summed E-state index contributed by atoms with van der Waals surface area (Å²) in [5.74, 6) is 0.562. The summed E-state index contributed by atoms with van der Waals surface area (Å²) in [5.41, 5.74) is 2.23. The van der Waals surface area contributed by atoms with Gasteiger partial charge in [0.05, 0.1) is 5.69 Å². The molecule has 0 radical (unpaired) electrons. The number of nitrogens with one attached hydrogen (secondary N) is 1. The minimum absolute atomic E-state index is 0.0829. The molecule has 3 heterocycles. The normalized spacial score (nSPS) is 11.0. The lowest BCUT2D eigenvalue weighted by molar-refractivity contribution is 1.00. The van der Waals surface area contributed by atoms with Crippen LogP contribution in [0.2, 0.25) is 0 Å². The molecule has 130 valence electrons. The number of hydrogen-bond donors (Lipinski definition) is 1. The average molecular weight is 446 g/mol. The van der Waals surface area contributed by atoms with Crippen molar-refractivity contribution in [2.75, 3.05) is 5.32 Å². The quantitative estimate of drug-likeness (QED) is 0.460. The Bertz CT molecular complexity index is 1130. The molecule has 0 aliphatic heterocycles. The molecule has 0 aliphatic rings. The van der Waals surface area contributed by atoms with Crippen molar-refractivity contribution < 1.29 is 0 Å². The molecule has 0 bridgehead atoms. The van der Waals surface area contributed by atoms with Gasteiger partial charge in [0.1, 0.15) is 5.65 Å². The first-order valence-corrected chi connectivity index (χ1v) is 10.2. The molecular formula is C17H12BrN5OS2. The summed E-state index contributed by atoms with van der Waals surface area (Å²) in [6.45, 7) is 0. The molecule has 0 saturated heterocycles. The van der Waals surface area contributed by atoms with E-state index in [1.165, 1.54) is 27.5 Å². The smallest absolute Gasteiger partial charge is 0.258 e. The number of halogens is 1. The van der Waals surface area contributed by atoms with Gasteiger partial charge in [0.15, 0.2) is 4.34 Å². The largest absolute Gasteiger partial charge is 0.330 e. The highest BCUT2D eigenvalue weighted by atomic mass is 79.9. The van der Waals surface area contributed by atoms with Gasteiger partial charge in [-0.05, 0) is 30.3 Å². The van der Waals surface area contributed by atoms with Crippen LogP contribution in [-0.2, 0) is 5.75 Å². The maximum atomic E-state index is 12.1. The van der Waals surface area contributed by atoms with Gasteiger partial charge < -0.3 is 5.32 Å². The lowest BCUT2D eigenvalue weighted by Gasteiger charge is -2.02. The minimum Gasteiger partial charge on any atom is -0.330 e. The molecule has 1 N–H and O–H groups in total. The third-order valence-corrected chi connectivity index (χ3v) is 5.95. The molecule has 0 unspecified atom stereocenters. The van der Waals surface area contributed by atoms with Crippen molar-refractivity contribution >= 4 is 55.5 Å². The number of pyridine rings is 1. The summed E-state index contributed by atoms with van der Waals surface area (Å²) in [6, 6.07) is 14.9. The van der Waals surface area contributed by atoms with Crippen LogP contribution in [0, 0.1) is 0 Å². The fourth-order valence-electron chi connectivity index (χ4n) is 2.32. The zero-order valence-corrected chi connectivity index (χ0v) is 16.5. The highest BCUT2D eigenvalue weighted by molar-refractivity contribution is 9.10. The third kappa shape index (κ3) is 3.95. The molecule has 0 aliphatic carbocycles. The van der Waals surface area contributed by atoms with Crippen LogP contribution in [0.5, 0.6) is 0 Å². The molecule has 26 heavy (non-hydrogen) atoms. The fourth-order valence-corrected chi connectivity index (χ4v) is 4.38. The molecule has 0 amide bonds. The fraction of sp³-hybridized carbons (Fsp3) is 0.0588. The number of fused-ring (bicyclic) bond motifs is 1. The van der Waals surface area contributed by atoms with E-state index in [-0.39, 0.29) is 5.56 Å². The van der Waals surface area contributed by atoms with Gasteiger partial charge in [-0.1, -0.05) is 51.2 Å². The summed E-state index contributed by atoms with van der Waals surface area (Å²) in [5, 5.41) is 12.3. The van der Waals surface area contributed by atoms with Crippen LogP contribution in [0.15, 0.2) is 68.3 Å². The summed E-state index contributed by atoms with van der Waals surface area (Å²) in [7, 11) is 0. The Kier molecular flexibility index (Phi) is 5.00. The summed E-state index contributed by atoms with van der Waals surface area (Å²) in [6.07, 6.45) is 1.71. The predicted octanol–water partition coefficient (Wildman–Crippen LogP) is 4.34. The van der Waals surface area contributed by atoms with Gasteiger partial charge >= 0.3 is 0 Å². The second-order valence-electron chi connectivity index (χ2n) is 5.31. The Morgan fingerprint density at radius 1 is 1.15 bits per heavy atom. The highest BCUT2D eigenvalue weighted by Gasteiger charge is 2.08. The molecule has 9 heteroatoms. The zero-order chi connectivity index (χ0) is 17.9. The molecule has 1 aromatic carbocycles. The number of anilines is 2. The van der Waals surface area contributed by atoms with Gasteiger partial charge in [-0.3, -0.25) is 9.20 Å². The van der Waals surface area contributed by atoms with E-state index in [0.29, 0.717) is 11.4 Å². The van der Waals surface area contributed by atoms with Gasteiger partial charge in [-0.15, -0.1) is 10.2 Å². The van der Waals surface area contributed by atoms with Crippen molar-refractivity contribution in [2.24, 2.45) is 0 Å². The van der Waals surface area contributed by atoms with E-state index in [4.69, 9.17) is 0 Å².